The van der Waals surface area contributed by atoms with E-state index in [4.69, 9.17) is 4.74 Å². The molecule has 2 atom stereocenters. The monoisotopic (exact) mass is 218 g/mol. The lowest BCUT2D eigenvalue weighted by Crippen LogP contribution is -2.36. The molecule has 4 heteroatoms. The van der Waals surface area contributed by atoms with E-state index in [0.29, 0.717) is 6.42 Å². The fraction of sp³-hybridized carbons (Fsp3) is 0.333. The molecule has 1 aliphatic heterocycles. The first-order valence-electron chi connectivity index (χ1n) is 5.20. The molecule has 4 nitrogen and oxygen atoms in total. The second-order valence-corrected chi connectivity index (χ2v) is 4.13. The summed E-state index contributed by atoms with van der Waals surface area (Å²) in [6.07, 6.45) is -0.206. The Hall–Kier alpha value is -1.68. The number of ketones is 2. The van der Waals surface area contributed by atoms with Gasteiger partial charge in [-0.2, -0.15) is 0 Å². The number of fused-ring (bicyclic) bond motifs is 2. The van der Waals surface area contributed by atoms with Crippen LogP contribution in [0.15, 0.2) is 18.2 Å². The number of carbonyl (C=O) groups excluding carboxylic acids is 2. The molecule has 82 valence electrons. The van der Waals surface area contributed by atoms with Gasteiger partial charge in [0, 0.05) is 5.56 Å². The van der Waals surface area contributed by atoms with Gasteiger partial charge in [-0.05, 0) is 12.5 Å². The number of phenolic OH excluding ortho intramolecular Hbond substituents is 1. The molecule has 0 amide bonds. The minimum atomic E-state index is -0.947. The summed E-state index contributed by atoms with van der Waals surface area (Å²) >= 11 is 0. The summed E-state index contributed by atoms with van der Waals surface area (Å²) in [5.41, 5.74) is -0.558. The third-order valence-electron chi connectivity index (χ3n) is 3.38. The van der Waals surface area contributed by atoms with E-state index in [0.717, 1.165) is 0 Å². The Labute approximate surface area is 91.8 Å². The van der Waals surface area contributed by atoms with Gasteiger partial charge in [-0.1, -0.05) is 19.1 Å². The number of epoxide rings is 1. The fourth-order valence-corrected chi connectivity index (χ4v) is 2.39. The first kappa shape index (κ1) is 9.54. The van der Waals surface area contributed by atoms with E-state index in [1.807, 2.05) is 6.92 Å². The van der Waals surface area contributed by atoms with Crippen LogP contribution in [0.5, 0.6) is 5.75 Å². The number of ether oxygens (including phenoxy) is 1. The van der Waals surface area contributed by atoms with Crippen LogP contribution in [0.1, 0.15) is 34.1 Å². The quantitative estimate of drug-likeness (QED) is 0.722. The van der Waals surface area contributed by atoms with Gasteiger partial charge in [0.25, 0.3) is 0 Å². The Kier molecular flexibility index (Phi) is 1.61. The molecule has 1 aliphatic carbocycles. The molecular formula is C12H10O4. The van der Waals surface area contributed by atoms with Crippen molar-refractivity contribution in [2.75, 3.05) is 0 Å². The van der Waals surface area contributed by atoms with Crippen LogP contribution in [-0.2, 0) is 4.74 Å². The van der Waals surface area contributed by atoms with Gasteiger partial charge in [0.15, 0.2) is 23.3 Å². The second-order valence-electron chi connectivity index (χ2n) is 4.13. The van der Waals surface area contributed by atoms with Crippen molar-refractivity contribution in [2.24, 2.45) is 0 Å². The third-order valence-corrected chi connectivity index (χ3v) is 3.38. The van der Waals surface area contributed by atoms with Crippen molar-refractivity contribution in [3.05, 3.63) is 29.3 Å². The first-order valence-corrected chi connectivity index (χ1v) is 5.20. The maximum Gasteiger partial charge on any atom is 0.199 e. The average molecular weight is 218 g/mol. The highest BCUT2D eigenvalue weighted by molar-refractivity contribution is 6.23. The summed E-state index contributed by atoms with van der Waals surface area (Å²) in [6.45, 7) is 1.82. The van der Waals surface area contributed by atoms with Crippen LogP contribution < -0.4 is 0 Å². The average Bonchev–Trinajstić information content (AvgIpc) is 3.02. The van der Waals surface area contributed by atoms with Gasteiger partial charge in [0.1, 0.15) is 5.75 Å². The van der Waals surface area contributed by atoms with Crippen molar-refractivity contribution in [1.29, 1.82) is 0 Å². The number of rotatable bonds is 1. The number of benzene rings is 1. The first-order chi connectivity index (χ1) is 7.62. The minimum Gasteiger partial charge on any atom is -0.507 e. The van der Waals surface area contributed by atoms with E-state index in [1.165, 1.54) is 6.07 Å². The number of hydrogen-bond donors (Lipinski definition) is 1. The normalized spacial score (nSPS) is 30.9. The van der Waals surface area contributed by atoms with Crippen molar-refractivity contribution in [2.45, 2.75) is 25.0 Å². The van der Waals surface area contributed by atoms with Gasteiger partial charge in [-0.3, -0.25) is 9.59 Å². The summed E-state index contributed by atoms with van der Waals surface area (Å²) in [6, 6.07) is 4.53. The Morgan fingerprint density at radius 1 is 1.44 bits per heavy atom. The lowest BCUT2D eigenvalue weighted by Gasteiger charge is -2.17. The van der Waals surface area contributed by atoms with Crippen LogP contribution >= 0.6 is 0 Å². The van der Waals surface area contributed by atoms with Crippen LogP contribution in [0.4, 0.5) is 0 Å². The molecule has 16 heavy (non-hydrogen) atoms. The van der Waals surface area contributed by atoms with Crippen molar-refractivity contribution in [3.63, 3.8) is 0 Å². The largest absolute Gasteiger partial charge is 0.507 e. The van der Waals surface area contributed by atoms with Crippen molar-refractivity contribution in [3.8, 4) is 5.75 Å². The van der Waals surface area contributed by atoms with Gasteiger partial charge in [-0.15, -0.1) is 0 Å². The number of carbonyl (C=O) groups is 2. The molecule has 0 saturated carbocycles. The Balaban J connectivity index is 2.25. The summed E-state index contributed by atoms with van der Waals surface area (Å²) in [7, 11) is 0. The van der Waals surface area contributed by atoms with E-state index in [2.05, 4.69) is 0 Å². The molecule has 1 heterocycles. The fourth-order valence-electron chi connectivity index (χ4n) is 2.39. The number of aromatic hydroxyl groups is 1. The second kappa shape index (κ2) is 2.71. The summed E-state index contributed by atoms with van der Waals surface area (Å²) in [4.78, 5) is 24.1. The Morgan fingerprint density at radius 3 is 2.88 bits per heavy atom. The summed E-state index contributed by atoms with van der Waals surface area (Å²) in [5, 5.41) is 9.61. The van der Waals surface area contributed by atoms with E-state index in [9.17, 15) is 14.7 Å². The molecule has 0 bridgehead atoms. The zero-order chi connectivity index (χ0) is 11.5. The summed E-state index contributed by atoms with van der Waals surface area (Å²) < 4.78 is 5.27. The molecule has 1 aromatic rings. The van der Waals surface area contributed by atoms with Crippen LogP contribution in [0, 0.1) is 0 Å². The lowest BCUT2D eigenvalue weighted by molar-refractivity contribution is 0.0856. The Morgan fingerprint density at radius 2 is 2.19 bits per heavy atom. The zero-order valence-electron chi connectivity index (χ0n) is 8.69. The molecule has 0 radical (unpaired) electrons. The van der Waals surface area contributed by atoms with Gasteiger partial charge < -0.3 is 9.84 Å². The number of phenols is 1. The topological polar surface area (TPSA) is 66.9 Å². The van der Waals surface area contributed by atoms with Gasteiger partial charge in [0.2, 0.25) is 0 Å². The molecule has 0 spiro atoms. The molecular weight excluding hydrogens is 208 g/mol. The van der Waals surface area contributed by atoms with E-state index >= 15 is 0 Å². The molecule has 2 unspecified atom stereocenters. The van der Waals surface area contributed by atoms with Gasteiger partial charge in [-0.25, -0.2) is 0 Å². The lowest BCUT2D eigenvalue weighted by atomic mass is 9.80. The third kappa shape index (κ3) is 0.881. The van der Waals surface area contributed by atoms with Crippen LogP contribution in [0.2, 0.25) is 0 Å². The van der Waals surface area contributed by atoms with Gasteiger partial charge >= 0.3 is 0 Å². The Bertz CT molecular complexity index is 520. The highest BCUT2D eigenvalue weighted by Gasteiger charge is 2.68. The van der Waals surface area contributed by atoms with Crippen LogP contribution in [0.25, 0.3) is 0 Å². The molecule has 3 rings (SSSR count). The van der Waals surface area contributed by atoms with E-state index in [1.54, 1.807) is 12.1 Å². The maximum absolute atomic E-state index is 12.1. The molecule has 1 aromatic carbocycles. The van der Waals surface area contributed by atoms with Crippen LogP contribution in [0.3, 0.4) is 0 Å². The van der Waals surface area contributed by atoms with Crippen molar-refractivity contribution < 1.29 is 19.4 Å². The van der Waals surface area contributed by atoms with E-state index < -0.39 is 11.7 Å². The van der Waals surface area contributed by atoms with Gasteiger partial charge in [0.05, 0.1) is 5.56 Å². The zero-order valence-corrected chi connectivity index (χ0v) is 8.69. The van der Waals surface area contributed by atoms with Crippen molar-refractivity contribution >= 4 is 11.6 Å². The van der Waals surface area contributed by atoms with Crippen molar-refractivity contribution in [1.82, 2.24) is 0 Å². The smallest absolute Gasteiger partial charge is 0.199 e. The molecule has 2 aliphatic rings. The minimum absolute atomic E-state index is 0.110. The molecule has 0 aromatic heterocycles. The SMILES string of the molecule is CCC12OC1C(=O)c1c(O)cccc1C2=O. The molecule has 1 fully saturated rings. The highest BCUT2D eigenvalue weighted by Crippen LogP contribution is 2.49. The number of hydrogen-bond acceptors (Lipinski definition) is 4. The van der Waals surface area contributed by atoms with Crippen LogP contribution in [-0.4, -0.2) is 28.4 Å². The highest BCUT2D eigenvalue weighted by atomic mass is 16.6. The standard InChI is InChI=1S/C12H10O4/c1-2-12-10(15)6-4-3-5-7(13)8(6)9(14)11(12)16-12/h3-5,11,13H,2H2,1H3. The summed E-state index contributed by atoms with van der Waals surface area (Å²) in [5.74, 6) is -0.615. The predicted molar refractivity (Wildman–Crippen MR) is 54.7 cm³/mol. The predicted octanol–water partition coefficient (Wildman–Crippen LogP) is 1.32. The number of Topliss-reactive ketones (excluding diaryl/α,β-unsaturated/α-hetero) is 2. The molecule has 1 N–H and O–H groups in total. The molecule has 1 saturated heterocycles. The maximum atomic E-state index is 12.1. The van der Waals surface area contributed by atoms with E-state index in [-0.39, 0.29) is 28.4 Å².